The predicted octanol–water partition coefficient (Wildman–Crippen LogP) is 4.37. The third-order valence-electron chi connectivity index (χ3n) is 6.24. The Labute approximate surface area is 113 Å². The highest BCUT2D eigenvalue weighted by Crippen LogP contribution is 2.54. The van der Waals surface area contributed by atoms with Crippen LogP contribution in [-0.2, 0) is 0 Å². The van der Waals surface area contributed by atoms with Crippen LogP contribution in [0.4, 0.5) is 0 Å². The molecule has 3 fully saturated rings. The fraction of sp³-hybridized carbons (Fsp3) is 1.00. The lowest BCUT2D eigenvalue weighted by Gasteiger charge is -2.41. The molecule has 1 heteroatoms. The minimum atomic E-state index is 0.684. The first-order valence-electron chi connectivity index (χ1n) is 8.52. The first kappa shape index (κ1) is 13.0. The lowest BCUT2D eigenvalue weighted by molar-refractivity contribution is 0.116. The molecule has 0 amide bonds. The third kappa shape index (κ3) is 2.61. The van der Waals surface area contributed by atoms with E-state index in [9.17, 15) is 0 Å². The molecule has 0 aromatic rings. The van der Waals surface area contributed by atoms with Crippen LogP contribution >= 0.6 is 0 Å². The Kier molecular flexibility index (Phi) is 3.98. The van der Waals surface area contributed by atoms with Gasteiger partial charge in [0.25, 0.3) is 0 Å². The summed E-state index contributed by atoms with van der Waals surface area (Å²) in [6.07, 6.45) is 15.3. The van der Waals surface area contributed by atoms with Gasteiger partial charge in [-0.15, -0.1) is 0 Å². The molecule has 3 unspecified atom stereocenters. The highest BCUT2D eigenvalue weighted by atomic mass is 14.9. The normalized spacial score (nSPS) is 38.2. The number of nitrogens with one attached hydrogen (secondary N) is 1. The highest BCUT2D eigenvalue weighted by Gasteiger charge is 2.43. The Morgan fingerprint density at radius 2 is 1.89 bits per heavy atom. The highest BCUT2D eigenvalue weighted by molar-refractivity contribution is 4.95. The summed E-state index contributed by atoms with van der Waals surface area (Å²) in [7, 11) is 0. The van der Waals surface area contributed by atoms with Crippen molar-refractivity contribution in [2.45, 2.75) is 71.1 Å². The van der Waals surface area contributed by atoms with Crippen molar-refractivity contribution < 1.29 is 0 Å². The maximum atomic E-state index is 3.68. The van der Waals surface area contributed by atoms with Crippen molar-refractivity contribution in [3.8, 4) is 0 Å². The van der Waals surface area contributed by atoms with Crippen LogP contribution in [0.15, 0.2) is 0 Å². The van der Waals surface area contributed by atoms with Gasteiger partial charge < -0.3 is 5.32 Å². The second-order valence-electron chi connectivity index (χ2n) is 7.48. The summed E-state index contributed by atoms with van der Waals surface area (Å²) in [4.78, 5) is 0. The van der Waals surface area contributed by atoms with Gasteiger partial charge in [-0.1, -0.05) is 32.6 Å². The summed E-state index contributed by atoms with van der Waals surface area (Å²) in [6, 6.07) is 0. The fourth-order valence-corrected chi connectivity index (χ4v) is 5.33. The molecule has 0 saturated heterocycles. The van der Waals surface area contributed by atoms with Gasteiger partial charge in [-0.3, -0.25) is 0 Å². The molecular formula is C17H31N. The Morgan fingerprint density at radius 1 is 1.06 bits per heavy atom. The van der Waals surface area contributed by atoms with Gasteiger partial charge in [0, 0.05) is 6.54 Å². The van der Waals surface area contributed by atoms with Crippen molar-refractivity contribution in [2.75, 3.05) is 13.1 Å². The third-order valence-corrected chi connectivity index (χ3v) is 6.24. The molecule has 0 aliphatic heterocycles. The van der Waals surface area contributed by atoms with E-state index in [1.54, 1.807) is 32.1 Å². The Morgan fingerprint density at radius 3 is 2.50 bits per heavy atom. The molecule has 0 radical (unpaired) electrons. The molecule has 0 aromatic heterocycles. The molecule has 0 spiro atoms. The van der Waals surface area contributed by atoms with Crippen LogP contribution in [0.25, 0.3) is 0 Å². The van der Waals surface area contributed by atoms with Crippen LogP contribution in [0.1, 0.15) is 71.1 Å². The molecule has 3 aliphatic carbocycles. The molecule has 18 heavy (non-hydrogen) atoms. The number of fused-ring (bicyclic) bond motifs is 2. The van der Waals surface area contributed by atoms with Gasteiger partial charge in [-0.25, -0.2) is 0 Å². The van der Waals surface area contributed by atoms with Gasteiger partial charge in [-0.2, -0.15) is 0 Å². The molecule has 104 valence electrons. The van der Waals surface area contributed by atoms with Crippen molar-refractivity contribution in [3.63, 3.8) is 0 Å². The summed E-state index contributed by atoms with van der Waals surface area (Å²) >= 11 is 0. The standard InChI is InChI=1S/C17H31N/c1-2-18-13-17(8-4-3-5-9-17)12-16-11-14-6-7-15(16)10-14/h14-16,18H,2-13H2,1H3. The number of rotatable bonds is 5. The molecular weight excluding hydrogens is 218 g/mol. The van der Waals surface area contributed by atoms with E-state index in [4.69, 9.17) is 0 Å². The first-order chi connectivity index (χ1) is 8.81. The number of hydrogen-bond donors (Lipinski definition) is 1. The van der Waals surface area contributed by atoms with Gasteiger partial charge in [0.15, 0.2) is 0 Å². The molecule has 3 aliphatic rings. The Balaban J connectivity index is 1.61. The molecule has 1 nitrogen and oxygen atoms in total. The predicted molar refractivity (Wildman–Crippen MR) is 77.6 cm³/mol. The van der Waals surface area contributed by atoms with Crippen molar-refractivity contribution in [3.05, 3.63) is 0 Å². The molecule has 3 atom stereocenters. The van der Waals surface area contributed by atoms with Crippen LogP contribution in [-0.4, -0.2) is 13.1 Å². The maximum absolute atomic E-state index is 3.68. The van der Waals surface area contributed by atoms with Crippen LogP contribution in [0.5, 0.6) is 0 Å². The quantitative estimate of drug-likeness (QED) is 0.763. The topological polar surface area (TPSA) is 12.0 Å². The van der Waals surface area contributed by atoms with Crippen LogP contribution in [0.3, 0.4) is 0 Å². The van der Waals surface area contributed by atoms with Crippen molar-refractivity contribution in [1.29, 1.82) is 0 Å². The van der Waals surface area contributed by atoms with Gasteiger partial charge in [-0.05, 0) is 68.2 Å². The smallest absolute Gasteiger partial charge is 0.000779 e. The van der Waals surface area contributed by atoms with E-state index in [1.807, 2.05) is 0 Å². The van der Waals surface area contributed by atoms with Crippen molar-refractivity contribution >= 4 is 0 Å². The molecule has 0 heterocycles. The van der Waals surface area contributed by atoms with E-state index in [0.717, 1.165) is 24.3 Å². The van der Waals surface area contributed by atoms with Crippen LogP contribution < -0.4 is 5.32 Å². The summed E-state index contributed by atoms with van der Waals surface area (Å²) in [5.41, 5.74) is 0.684. The second-order valence-corrected chi connectivity index (χ2v) is 7.48. The lowest BCUT2D eigenvalue weighted by Crippen LogP contribution is -2.38. The van der Waals surface area contributed by atoms with E-state index >= 15 is 0 Å². The van der Waals surface area contributed by atoms with Crippen LogP contribution in [0, 0.1) is 23.2 Å². The molecule has 1 N–H and O–H groups in total. The summed E-state index contributed by atoms with van der Waals surface area (Å²) in [5.74, 6) is 3.34. The molecule has 3 saturated carbocycles. The zero-order valence-corrected chi connectivity index (χ0v) is 12.2. The largest absolute Gasteiger partial charge is 0.316 e. The van der Waals surface area contributed by atoms with Crippen LogP contribution in [0.2, 0.25) is 0 Å². The summed E-state index contributed by atoms with van der Waals surface area (Å²) in [5, 5.41) is 3.68. The monoisotopic (exact) mass is 249 g/mol. The zero-order chi connectivity index (χ0) is 12.4. The number of hydrogen-bond acceptors (Lipinski definition) is 1. The van der Waals surface area contributed by atoms with E-state index in [2.05, 4.69) is 12.2 Å². The van der Waals surface area contributed by atoms with Gasteiger partial charge in [0.2, 0.25) is 0 Å². The SMILES string of the molecule is CCNCC1(CC2CC3CCC2C3)CCCCC1. The summed E-state index contributed by atoms with van der Waals surface area (Å²) in [6.45, 7) is 4.71. The zero-order valence-electron chi connectivity index (χ0n) is 12.2. The van der Waals surface area contributed by atoms with Gasteiger partial charge in [0.05, 0.1) is 0 Å². The van der Waals surface area contributed by atoms with E-state index in [1.165, 1.54) is 38.6 Å². The van der Waals surface area contributed by atoms with Gasteiger partial charge >= 0.3 is 0 Å². The summed E-state index contributed by atoms with van der Waals surface area (Å²) < 4.78 is 0. The van der Waals surface area contributed by atoms with Gasteiger partial charge in [0.1, 0.15) is 0 Å². The maximum Gasteiger partial charge on any atom is 0.000779 e. The molecule has 2 bridgehead atoms. The van der Waals surface area contributed by atoms with E-state index < -0.39 is 0 Å². The molecule has 0 aromatic carbocycles. The average Bonchev–Trinajstić information content (AvgIpc) is 3.00. The molecule has 3 rings (SSSR count). The Hall–Kier alpha value is -0.0400. The second kappa shape index (κ2) is 5.53. The van der Waals surface area contributed by atoms with Crippen molar-refractivity contribution in [2.24, 2.45) is 23.2 Å². The first-order valence-corrected chi connectivity index (χ1v) is 8.52. The van der Waals surface area contributed by atoms with E-state index in [-0.39, 0.29) is 0 Å². The van der Waals surface area contributed by atoms with E-state index in [0.29, 0.717) is 5.41 Å². The average molecular weight is 249 g/mol. The van der Waals surface area contributed by atoms with Crippen molar-refractivity contribution in [1.82, 2.24) is 5.32 Å². The minimum absolute atomic E-state index is 0.684. The Bertz CT molecular complexity index is 267. The minimum Gasteiger partial charge on any atom is -0.316 e. The fourth-order valence-electron chi connectivity index (χ4n) is 5.33. The lowest BCUT2D eigenvalue weighted by atomic mass is 9.66.